The lowest BCUT2D eigenvalue weighted by Crippen LogP contribution is -2.42. The summed E-state index contributed by atoms with van der Waals surface area (Å²) in [6.45, 7) is 3.41. The second-order valence-electron chi connectivity index (χ2n) is 5.75. The fourth-order valence-electron chi connectivity index (χ4n) is 2.58. The molecular weight excluding hydrogens is 310 g/mol. The van der Waals surface area contributed by atoms with Gasteiger partial charge >= 0.3 is 0 Å². The number of hydrogen-bond donors (Lipinski definition) is 0. The maximum Gasteiger partial charge on any atom is 0.237 e. The fraction of sp³-hybridized carbons (Fsp3) is 0.533. The molecule has 21 heavy (non-hydrogen) atoms. The van der Waals surface area contributed by atoms with E-state index >= 15 is 0 Å². The number of hydrogen-bond acceptors (Lipinski definition) is 3. The van der Waals surface area contributed by atoms with Gasteiger partial charge in [0.05, 0.1) is 5.75 Å². The molecule has 4 nitrogen and oxygen atoms in total. The number of sulfone groups is 1. The molecule has 6 heteroatoms. The number of benzene rings is 1. The van der Waals surface area contributed by atoms with Crippen molar-refractivity contribution in [3.8, 4) is 0 Å². The highest BCUT2D eigenvalue weighted by molar-refractivity contribution is 7.91. The molecule has 1 heterocycles. The van der Waals surface area contributed by atoms with Crippen LogP contribution in [0.15, 0.2) is 24.3 Å². The topological polar surface area (TPSA) is 54.5 Å². The van der Waals surface area contributed by atoms with Gasteiger partial charge < -0.3 is 4.90 Å². The lowest BCUT2D eigenvalue weighted by atomic mass is 10.0. The van der Waals surface area contributed by atoms with Gasteiger partial charge in [0.15, 0.2) is 9.84 Å². The van der Waals surface area contributed by atoms with Gasteiger partial charge in [-0.15, -0.1) is 0 Å². The summed E-state index contributed by atoms with van der Waals surface area (Å²) in [7, 11) is -3.45. The summed E-state index contributed by atoms with van der Waals surface area (Å²) in [6, 6.07) is 6.65. The first kappa shape index (κ1) is 16.3. The summed E-state index contributed by atoms with van der Waals surface area (Å²) >= 11 is 5.77. The molecule has 0 N–H and O–H groups in total. The number of carbonyl (C=O) groups is 1. The van der Waals surface area contributed by atoms with Crippen molar-refractivity contribution in [2.45, 2.75) is 25.5 Å². The molecule has 0 radical (unpaired) electrons. The number of amides is 1. The molecule has 1 aromatic rings. The standard InChI is InChI=1S/C15H20ClNO3S/c1-12-3-2-8-17(9-12)15(18)11-21(19,20)10-13-4-6-14(16)7-5-13/h4-7,12H,2-3,8-11H2,1H3. The first-order chi connectivity index (χ1) is 9.85. The SMILES string of the molecule is CC1CCCN(C(=O)CS(=O)(=O)Cc2ccc(Cl)cc2)C1. The Balaban J connectivity index is 1.96. The average Bonchev–Trinajstić information content (AvgIpc) is 2.40. The summed E-state index contributed by atoms with van der Waals surface area (Å²) in [6.07, 6.45) is 2.05. The van der Waals surface area contributed by atoms with Gasteiger partial charge in [-0.3, -0.25) is 4.79 Å². The van der Waals surface area contributed by atoms with E-state index in [9.17, 15) is 13.2 Å². The van der Waals surface area contributed by atoms with Crippen LogP contribution in [-0.4, -0.2) is 38.1 Å². The van der Waals surface area contributed by atoms with Gasteiger partial charge in [0, 0.05) is 18.1 Å². The zero-order valence-corrected chi connectivity index (χ0v) is 13.7. The van der Waals surface area contributed by atoms with Crippen LogP contribution in [0.25, 0.3) is 0 Å². The summed E-state index contributed by atoms with van der Waals surface area (Å²) < 4.78 is 24.3. The van der Waals surface area contributed by atoms with Gasteiger partial charge in [0.1, 0.15) is 5.75 Å². The molecule has 1 fully saturated rings. The van der Waals surface area contributed by atoms with Crippen LogP contribution in [0, 0.1) is 5.92 Å². The second-order valence-corrected chi connectivity index (χ2v) is 8.25. The normalized spacial score (nSPS) is 19.5. The van der Waals surface area contributed by atoms with Crippen molar-refractivity contribution in [3.05, 3.63) is 34.9 Å². The van der Waals surface area contributed by atoms with E-state index in [4.69, 9.17) is 11.6 Å². The Hall–Kier alpha value is -1.07. The van der Waals surface area contributed by atoms with E-state index in [2.05, 4.69) is 6.92 Å². The van der Waals surface area contributed by atoms with Gasteiger partial charge in [0.25, 0.3) is 0 Å². The van der Waals surface area contributed by atoms with Crippen LogP contribution in [0.3, 0.4) is 0 Å². The maximum absolute atomic E-state index is 12.1. The predicted octanol–water partition coefficient (Wildman–Crippen LogP) is 2.51. The van der Waals surface area contributed by atoms with Crippen LogP contribution in [0.2, 0.25) is 5.02 Å². The van der Waals surface area contributed by atoms with E-state index in [0.29, 0.717) is 29.6 Å². The lowest BCUT2D eigenvalue weighted by molar-refractivity contribution is -0.130. The number of halogens is 1. The first-order valence-corrected chi connectivity index (χ1v) is 9.28. The third kappa shape index (κ3) is 5.00. The minimum absolute atomic E-state index is 0.126. The maximum atomic E-state index is 12.1. The van der Waals surface area contributed by atoms with Crippen LogP contribution in [0.5, 0.6) is 0 Å². The van der Waals surface area contributed by atoms with Gasteiger partial charge in [0.2, 0.25) is 5.91 Å². The summed E-state index contributed by atoms with van der Waals surface area (Å²) in [5, 5.41) is 0.564. The molecule has 1 aliphatic heterocycles. The molecule has 1 saturated heterocycles. The fourth-order valence-corrected chi connectivity index (χ4v) is 4.07. The number of piperidine rings is 1. The third-order valence-electron chi connectivity index (χ3n) is 3.65. The van der Waals surface area contributed by atoms with Gasteiger partial charge in [-0.05, 0) is 36.5 Å². The van der Waals surface area contributed by atoms with E-state index in [1.165, 1.54) is 0 Å². The van der Waals surface area contributed by atoms with E-state index in [0.717, 1.165) is 12.8 Å². The van der Waals surface area contributed by atoms with E-state index in [-0.39, 0.29) is 11.7 Å². The number of likely N-dealkylation sites (tertiary alicyclic amines) is 1. The zero-order valence-electron chi connectivity index (χ0n) is 12.1. The molecule has 1 amide bonds. The molecule has 0 spiro atoms. The molecular formula is C15H20ClNO3S. The summed E-state index contributed by atoms with van der Waals surface area (Å²) in [4.78, 5) is 13.8. The van der Waals surface area contributed by atoms with E-state index in [1.807, 2.05) is 0 Å². The minimum Gasteiger partial charge on any atom is -0.342 e. The molecule has 1 aromatic carbocycles. The zero-order chi connectivity index (χ0) is 15.5. The Bertz CT molecular complexity index is 598. The molecule has 2 rings (SSSR count). The second kappa shape index (κ2) is 6.79. The number of nitrogens with zero attached hydrogens (tertiary/aromatic N) is 1. The quantitative estimate of drug-likeness (QED) is 0.853. The van der Waals surface area contributed by atoms with Crippen molar-refractivity contribution < 1.29 is 13.2 Å². The number of rotatable bonds is 4. The Morgan fingerprint density at radius 1 is 1.33 bits per heavy atom. The molecule has 0 bridgehead atoms. The van der Waals surface area contributed by atoms with Gasteiger partial charge in [-0.2, -0.15) is 0 Å². The highest BCUT2D eigenvalue weighted by Crippen LogP contribution is 2.17. The van der Waals surface area contributed by atoms with Gasteiger partial charge in [-0.1, -0.05) is 30.7 Å². The molecule has 1 aliphatic rings. The lowest BCUT2D eigenvalue weighted by Gasteiger charge is -2.30. The van der Waals surface area contributed by atoms with Crippen LogP contribution in [-0.2, 0) is 20.4 Å². The van der Waals surface area contributed by atoms with Crippen molar-refractivity contribution in [1.29, 1.82) is 0 Å². The van der Waals surface area contributed by atoms with Crippen LogP contribution in [0.1, 0.15) is 25.3 Å². The van der Waals surface area contributed by atoms with E-state index in [1.54, 1.807) is 29.2 Å². The summed E-state index contributed by atoms with van der Waals surface area (Å²) in [5.74, 6) is -0.376. The Kier molecular flexibility index (Phi) is 5.27. The van der Waals surface area contributed by atoms with Crippen molar-refractivity contribution >= 4 is 27.3 Å². The highest BCUT2D eigenvalue weighted by Gasteiger charge is 2.25. The Labute approximate surface area is 131 Å². The van der Waals surface area contributed by atoms with Crippen LogP contribution >= 0.6 is 11.6 Å². The molecule has 0 aromatic heterocycles. The van der Waals surface area contributed by atoms with E-state index < -0.39 is 15.6 Å². The van der Waals surface area contributed by atoms with Crippen molar-refractivity contribution in [2.75, 3.05) is 18.8 Å². The molecule has 116 valence electrons. The predicted molar refractivity (Wildman–Crippen MR) is 83.9 cm³/mol. The molecule has 0 aliphatic carbocycles. The average molecular weight is 330 g/mol. The van der Waals surface area contributed by atoms with Crippen LogP contribution in [0.4, 0.5) is 0 Å². The van der Waals surface area contributed by atoms with Crippen LogP contribution < -0.4 is 0 Å². The number of carbonyl (C=O) groups excluding carboxylic acids is 1. The van der Waals surface area contributed by atoms with Gasteiger partial charge in [-0.25, -0.2) is 8.42 Å². The first-order valence-electron chi connectivity index (χ1n) is 7.08. The largest absolute Gasteiger partial charge is 0.342 e. The third-order valence-corrected chi connectivity index (χ3v) is 5.36. The molecule has 1 atom stereocenters. The highest BCUT2D eigenvalue weighted by atomic mass is 35.5. The molecule has 0 saturated carbocycles. The molecule has 1 unspecified atom stereocenters. The summed E-state index contributed by atoms with van der Waals surface area (Å²) in [5.41, 5.74) is 0.652. The monoisotopic (exact) mass is 329 g/mol. The van der Waals surface area contributed by atoms with Crippen molar-refractivity contribution in [1.82, 2.24) is 4.90 Å². The van der Waals surface area contributed by atoms with Crippen molar-refractivity contribution in [3.63, 3.8) is 0 Å². The smallest absolute Gasteiger partial charge is 0.237 e. The Morgan fingerprint density at radius 2 is 2.00 bits per heavy atom. The Morgan fingerprint density at radius 3 is 2.62 bits per heavy atom. The van der Waals surface area contributed by atoms with Crippen molar-refractivity contribution in [2.24, 2.45) is 5.92 Å². The minimum atomic E-state index is -3.45.